The maximum atomic E-state index is 12.1. The normalized spacial score (nSPS) is 12.3. The molecule has 0 bridgehead atoms. The second-order valence-corrected chi connectivity index (χ2v) is 2.45. The molecular formula is C9H8F3N. The summed E-state index contributed by atoms with van der Waals surface area (Å²) in [5.41, 5.74) is -0.541. The molecule has 0 aliphatic rings. The van der Waals surface area contributed by atoms with Crippen LogP contribution in [-0.2, 0) is 6.18 Å². The van der Waals surface area contributed by atoms with Gasteiger partial charge in [-0.2, -0.15) is 13.2 Å². The van der Waals surface area contributed by atoms with Crippen LogP contribution in [-0.4, -0.2) is 4.98 Å². The lowest BCUT2D eigenvalue weighted by atomic mass is 10.3. The first-order valence-corrected chi connectivity index (χ1v) is 3.71. The number of nitrogens with zero attached hydrogens (tertiary/aromatic N) is 1. The number of hydrogen-bond donors (Lipinski definition) is 0. The molecule has 0 unspecified atom stereocenters. The van der Waals surface area contributed by atoms with Gasteiger partial charge in [0.15, 0.2) is 0 Å². The Morgan fingerprint density at radius 2 is 2.00 bits per heavy atom. The molecule has 1 aromatic heterocycles. The van der Waals surface area contributed by atoms with Crippen molar-refractivity contribution in [3.8, 4) is 0 Å². The van der Waals surface area contributed by atoms with Crippen molar-refractivity contribution in [2.45, 2.75) is 13.1 Å². The smallest absolute Gasteiger partial charge is 0.244 e. The first kappa shape index (κ1) is 9.77. The fourth-order valence-corrected chi connectivity index (χ4v) is 0.873. The summed E-state index contributed by atoms with van der Waals surface area (Å²) in [5.74, 6) is 0. The highest BCUT2D eigenvalue weighted by Gasteiger charge is 2.32. The van der Waals surface area contributed by atoms with Crippen molar-refractivity contribution in [1.29, 1.82) is 0 Å². The topological polar surface area (TPSA) is 12.9 Å². The van der Waals surface area contributed by atoms with Crippen molar-refractivity contribution in [2.24, 2.45) is 0 Å². The fourth-order valence-electron chi connectivity index (χ4n) is 0.873. The van der Waals surface area contributed by atoms with Gasteiger partial charge in [-0.25, -0.2) is 4.98 Å². The van der Waals surface area contributed by atoms with Gasteiger partial charge in [-0.1, -0.05) is 12.1 Å². The van der Waals surface area contributed by atoms with Crippen molar-refractivity contribution in [1.82, 2.24) is 4.98 Å². The summed E-state index contributed by atoms with van der Waals surface area (Å²) < 4.78 is 36.4. The molecule has 0 aromatic carbocycles. The molecule has 0 atom stereocenters. The van der Waals surface area contributed by atoms with Gasteiger partial charge in [0.1, 0.15) is 5.69 Å². The fraction of sp³-hybridized carbons (Fsp3) is 0.222. The van der Waals surface area contributed by atoms with Crippen molar-refractivity contribution in [3.05, 3.63) is 35.7 Å². The molecule has 1 rings (SSSR count). The van der Waals surface area contributed by atoms with Gasteiger partial charge in [0.2, 0.25) is 0 Å². The van der Waals surface area contributed by atoms with E-state index in [4.69, 9.17) is 0 Å². The second kappa shape index (κ2) is 3.60. The molecular weight excluding hydrogens is 179 g/mol. The Balaban J connectivity index is 3.05. The summed E-state index contributed by atoms with van der Waals surface area (Å²) in [5, 5.41) is 0. The highest BCUT2D eigenvalue weighted by molar-refractivity contribution is 5.44. The summed E-state index contributed by atoms with van der Waals surface area (Å²) in [6.07, 6.45) is -1.20. The lowest BCUT2D eigenvalue weighted by Gasteiger charge is -2.05. The zero-order valence-corrected chi connectivity index (χ0v) is 6.97. The molecule has 0 spiro atoms. The largest absolute Gasteiger partial charge is 0.433 e. The Morgan fingerprint density at radius 1 is 1.31 bits per heavy atom. The van der Waals surface area contributed by atoms with E-state index < -0.39 is 11.9 Å². The molecule has 0 N–H and O–H groups in total. The number of hydrogen-bond acceptors (Lipinski definition) is 1. The third kappa shape index (κ3) is 2.57. The first-order valence-electron chi connectivity index (χ1n) is 3.71. The summed E-state index contributed by atoms with van der Waals surface area (Å²) >= 11 is 0. The highest BCUT2D eigenvalue weighted by atomic mass is 19.4. The molecule has 0 aliphatic carbocycles. The standard InChI is InChI=1S/C9H8F3N/c1-2-4-7-5-3-6-8(13-7)9(10,11)12/h2-6H,1H3. The number of pyridine rings is 1. The van der Waals surface area contributed by atoms with Crippen LogP contribution in [0.4, 0.5) is 13.2 Å². The van der Waals surface area contributed by atoms with Gasteiger partial charge in [0.05, 0.1) is 5.69 Å². The summed E-state index contributed by atoms with van der Waals surface area (Å²) in [6, 6.07) is 3.81. The zero-order valence-electron chi connectivity index (χ0n) is 6.97. The minimum absolute atomic E-state index is 0.317. The van der Waals surface area contributed by atoms with Gasteiger partial charge >= 0.3 is 6.18 Å². The van der Waals surface area contributed by atoms with Crippen LogP contribution < -0.4 is 0 Å². The Kier molecular flexibility index (Phi) is 2.70. The Hall–Kier alpha value is -1.32. The zero-order chi connectivity index (χ0) is 9.90. The van der Waals surface area contributed by atoms with E-state index in [9.17, 15) is 13.2 Å². The average molecular weight is 187 g/mol. The number of aromatic nitrogens is 1. The van der Waals surface area contributed by atoms with E-state index in [-0.39, 0.29) is 0 Å². The number of rotatable bonds is 1. The lowest BCUT2D eigenvalue weighted by molar-refractivity contribution is -0.141. The molecule has 1 aromatic rings. The first-order chi connectivity index (χ1) is 6.04. The molecule has 1 heterocycles. The monoisotopic (exact) mass is 187 g/mol. The van der Waals surface area contributed by atoms with Crippen LogP contribution in [0.5, 0.6) is 0 Å². The van der Waals surface area contributed by atoms with E-state index in [1.807, 2.05) is 0 Å². The Labute approximate surface area is 73.9 Å². The molecule has 0 amide bonds. The predicted molar refractivity (Wildman–Crippen MR) is 43.9 cm³/mol. The van der Waals surface area contributed by atoms with Crippen LogP contribution in [0.1, 0.15) is 18.3 Å². The van der Waals surface area contributed by atoms with Gasteiger partial charge in [-0.3, -0.25) is 0 Å². The number of alkyl halides is 3. The molecule has 0 radical (unpaired) electrons. The van der Waals surface area contributed by atoms with E-state index in [2.05, 4.69) is 4.98 Å². The molecule has 0 saturated carbocycles. The maximum absolute atomic E-state index is 12.1. The van der Waals surface area contributed by atoms with E-state index in [0.29, 0.717) is 5.69 Å². The molecule has 1 nitrogen and oxygen atoms in total. The molecule has 0 aliphatic heterocycles. The lowest BCUT2D eigenvalue weighted by Crippen LogP contribution is -2.07. The van der Waals surface area contributed by atoms with E-state index in [0.717, 1.165) is 6.07 Å². The van der Waals surface area contributed by atoms with E-state index in [1.54, 1.807) is 13.0 Å². The van der Waals surface area contributed by atoms with Crippen LogP contribution in [0.3, 0.4) is 0 Å². The van der Waals surface area contributed by atoms with Gasteiger partial charge < -0.3 is 0 Å². The number of halogens is 3. The third-order valence-electron chi connectivity index (χ3n) is 1.40. The highest BCUT2D eigenvalue weighted by Crippen LogP contribution is 2.27. The molecule has 0 saturated heterocycles. The Morgan fingerprint density at radius 3 is 2.54 bits per heavy atom. The molecule has 13 heavy (non-hydrogen) atoms. The van der Waals surface area contributed by atoms with Crippen molar-refractivity contribution >= 4 is 6.08 Å². The van der Waals surface area contributed by atoms with E-state index >= 15 is 0 Å². The van der Waals surface area contributed by atoms with E-state index in [1.165, 1.54) is 18.2 Å². The predicted octanol–water partition coefficient (Wildman–Crippen LogP) is 3.13. The minimum Gasteiger partial charge on any atom is -0.244 e. The van der Waals surface area contributed by atoms with Crippen LogP contribution in [0.15, 0.2) is 24.3 Å². The summed E-state index contributed by atoms with van der Waals surface area (Å²) in [6.45, 7) is 1.72. The quantitative estimate of drug-likeness (QED) is 0.658. The van der Waals surface area contributed by atoms with Crippen molar-refractivity contribution in [3.63, 3.8) is 0 Å². The minimum atomic E-state index is -4.36. The second-order valence-electron chi connectivity index (χ2n) is 2.45. The summed E-state index contributed by atoms with van der Waals surface area (Å²) in [7, 11) is 0. The van der Waals surface area contributed by atoms with Crippen molar-refractivity contribution < 1.29 is 13.2 Å². The molecule has 4 heteroatoms. The maximum Gasteiger partial charge on any atom is 0.433 e. The van der Waals surface area contributed by atoms with Gasteiger partial charge in [0, 0.05) is 0 Å². The number of allylic oxidation sites excluding steroid dienone is 1. The van der Waals surface area contributed by atoms with Gasteiger partial charge in [0.25, 0.3) is 0 Å². The van der Waals surface area contributed by atoms with Crippen LogP contribution in [0.2, 0.25) is 0 Å². The Bertz CT molecular complexity index is 315. The molecule has 0 fully saturated rings. The van der Waals surface area contributed by atoms with Gasteiger partial charge in [-0.15, -0.1) is 0 Å². The van der Waals surface area contributed by atoms with Crippen LogP contribution >= 0.6 is 0 Å². The average Bonchev–Trinajstić information content (AvgIpc) is 2.04. The van der Waals surface area contributed by atoms with Crippen LogP contribution in [0.25, 0.3) is 6.08 Å². The molecule has 70 valence electrons. The van der Waals surface area contributed by atoms with Gasteiger partial charge in [-0.05, 0) is 25.1 Å². The SMILES string of the molecule is CC=Cc1cccc(C(F)(F)F)n1. The third-order valence-corrected chi connectivity index (χ3v) is 1.40. The van der Waals surface area contributed by atoms with Crippen molar-refractivity contribution in [2.75, 3.05) is 0 Å². The van der Waals surface area contributed by atoms with Crippen LogP contribution in [0, 0.1) is 0 Å². The summed E-state index contributed by atoms with van der Waals surface area (Å²) in [4.78, 5) is 3.42.